The summed E-state index contributed by atoms with van der Waals surface area (Å²) in [6.07, 6.45) is 3.03. The minimum atomic E-state index is -0.449. The Kier molecular flexibility index (Phi) is 7.41. The monoisotopic (exact) mass is 472 g/mol. The maximum absolute atomic E-state index is 12.8. The molecule has 1 amide bonds. The smallest absolute Gasteiger partial charge is 0.376 e. The summed E-state index contributed by atoms with van der Waals surface area (Å²) < 4.78 is 11.7. The molecule has 7 nitrogen and oxygen atoms in total. The lowest BCUT2D eigenvalue weighted by molar-refractivity contribution is -0.138. The number of nitrogens with zero attached hydrogens (tertiary/aromatic N) is 2. The fraction of sp³-hybridized carbons (Fsp3) is 0.667. The molecule has 0 spiro atoms. The van der Waals surface area contributed by atoms with Gasteiger partial charge in [-0.2, -0.15) is 0 Å². The second-order valence-electron chi connectivity index (χ2n) is 7.32. The van der Waals surface area contributed by atoms with Gasteiger partial charge in [-0.05, 0) is 48.7 Å². The van der Waals surface area contributed by atoms with Gasteiger partial charge in [0.25, 0.3) is 0 Å². The molecular formula is C18H26BBrN2O5S. The van der Waals surface area contributed by atoms with Crippen molar-refractivity contribution in [3.8, 4) is 5.75 Å². The van der Waals surface area contributed by atoms with Crippen LogP contribution < -0.4 is 4.74 Å². The molecule has 0 aliphatic carbocycles. The van der Waals surface area contributed by atoms with Crippen LogP contribution in [0.15, 0.2) is 9.85 Å². The molecule has 1 aromatic rings. The molecule has 0 aromatic carbocycles. The average Bonchev–Trinajstić information content (AvgIpc) is 3.08. The Morgan fingerprint density at radius 2 is 1.86 bits per heavy atom. The Labute approximate surface area is 178 Å². The van der Waals surface area contributed by atoms with Gasteiger partial charge in [-0.1, -0.05) is 0 Å². The van der Waals surface area contributed by atoms with Crippen molar-refractivity contribution in [2.24, 2.45) is 5.92 Å². The van der Waals surface area contributed by atoms with E-state index in [0.717, 1.165) is 43.2 Å². The fourth-order valence-corrected chi connectivity index (χ4v) is 5.28. The van der Waals surface area contributed by atoms with Crippen LogP contribution in [0, 0.1) is 5.92 Å². The lowest BCUT2D eigenvalue weighted by Gasteiger charge is -2.37. The number of rotatable bonds is 5. The molecule has 28 heavy (non-hydrogen) atoms. The van der Waals surface area contributed by atoms with Crippen molar-refractivity contribution >= 4 is 46.2 Å². The maximum atomic E-state index is 12.8. The molecule has 1 N–H and O–H groups in total. The van der Waals surface area contributed by atoms with Crippen LogP contribution >= 0.6 is 27.3 Å². The third-order valence-corrected chi connectivity index (χ3v) is 7.35. The summed E-state index contributed by atoms with van der Waals surface area (Å²) in [6, 6.07) is 0. The van der Waals surface area contributed by atoms with E-state index < -0.39 is 13.0 Å². The lowest BCUT2D eigenvalue weighted by Crippen LogP contribution is -2.49. The SMILES string of the molecule is COC(=O)c1scc(Br)c1OC1CCN(C(=O)C2CCN(B(C)O)CC2)CC1. The van der Waals surface area contributed by atoms with Gasteiger partial charge in [0.1, 0.15) is 6.10 Å². The summed E-state index contributed by atoms with van der Waals surface area (Å²) in [7, 11) is 0.908. The van der Waals surface area contributed by atoms with Gasteiger partial charge in [0.2, 0.25) is 5.91 Å². The Bertz CT molecular complexity index is 700. The Balaban J connectivity index is 1.51. The standard InChI is InChI=1S/C18H26BBrN2O5S/c1-19(25)22-9-3-12(4-10-22)17(23)21-7-5-13(6-8-21)27-15-14(20)11-28-16(15)18(24)26-2/h11-13,25H,3-10H2,1-2H3. The van der Waals surface area contributed by atoms with Crippen LogP contribution in [-0.4, -0.2) is 73.1 Å². The minimum Gasteiger partial charge on any atom is -0.487 e. The zero-order valence-corrected chi connectivity index (χ0v) is 18.6. The van der Waals surface area contributed by atoms with Gasteiger partial charge in [0.15, 0.2) is 10.6 Å². The van der Waals surface area contributed by atoms with E-state index in [9.17, 15) is 14.6 Å². The molecule has 0 atom stereocenters. The van der Waals surface area contributed by atoms with E-state index in [-0.39, 0.29) is 17.9 Å². The molecule has 0 radical (unpaired) electrons. The van der Waals surface area contributed by atoms with E-state index in [0.29, 0.717) is 23.7 Å². The van der Waals surface area contributed by atoms with Gasteiger partial charge in [-0.25, -0.2) is 4.79 Å². The molecule has 2 fully saturated rings. The van der Waals surface area contributed by atoms with Crippen LogP contribution in [0.3, 0.4) is 0 Å². The van der Waals surface area contributed by atoms with Crippen molar-refractivity contribution in [2.45, 2.75) is 38.6 Å². The molecule has 10 heteroatoms. The summed E-state index contributed by atoms with van der Waals surface area (Å²) >= 11 is 4.73. The van der Waals surface area contributed by atoms with Crippen LogP contribution in [0.25, 0.3) is 0 Å². The number of ether oxygens (including phenoxy) is 2. The normalized spacial score (nSPS) is 19.5. The van der Waals surface area contributed by atoms with Gasteiger partial charge >= 0.3 is 13.0 Å². The predicted molar refractivity (Wildman–Crippen MR) is 112 cm³/mol. The first-order valence-corrected chi connectivity index (χ1v) is 11.3. The van der Waals surface area contributed by atoms with E-state index in [2.05, 4.69) is 15.9 Å². The first-order valence-electron chi connectivity index (χ1n) is 9.63. The largest absolute Gasteiger partial charge is 0.487 e. The van der Waals surface area contributed by atoms with E-state index in [1.54, 1.807) is 6.82 Å². The maximum Gasteiger partial charge on any atom is 0.376 e. The molecule has 0 saturated carbocycles. The molecule has 2 aliphatic rings. The summed E-state index contributed by atoms with van der Waals surface area (Å²) in [5, 5.41) is 11.5. The van der Waals surface area contributed by atoms with Crippen molar-refractivity contribution in [3.05, 3.63) is 14.7 Å². The van der Waals surface area contributed by atoms with E-state index in [1.807, 2.05) is 15.1 Å². The highest BCUT2D eigenvalue weighted by Gasteiger charge is 2.33. The highest BCUT2D eigenvalue weighted by Crippen LogP contribution is 2.37. The fourth-order valence-electron chi connectivity index (χ4n) is 3.81. The van der Waals surface area contributed by atoms with Gasteiger partial charge in [0, 0.05) is 37.2 Å². The van der Waals surface area contributed by atoms with Crippen LogP contribution in [0.2, 0.25) is 6.82 Å². The molecule has 0 bridgehead atoms. The van der Waals surface area contributed by atoms with Crippen LogP contribution in [0.5, 0.6) is 5.75 Å². The molecule has 1 aromatic heterocycles. The summed E-state index contributed by atoms with van der Waals surface area (Å²) in [4.78, 5) is 29.1. The highest BCUT2D eigenvalue weighted by molar-refractivity contribution is 9.10. The number of hydrogen-bond donors (Lipinski definition) is 1. The molecule has 2 saturated heterocycles. The number of hydrogen-bond acceptors (Lipinski definition) is 7. The van der Waals surface area contributed by atoms with Crippen LogP contribution in [0.4, 0.5) is 0 Å². The van der Waals surface area contributed by atoms with Crippen LogP contribution in [-0.2, 0) is 9.53 Å². The Morgan fingerprint density at radius 3 is 2.43 bits per heavy atom. The number of carbonyl (C=O) groups excluding carboxylic acids is 2. The van der Waals surface area contributed by atoms with Crippen molar-refractivity contribution in [1.29, 1.82) is 0 Å². The molecule has 3 rings (SSSR count). The average molecular weight is 473 g/mol. The summed E-state index contributed by atoms with van der Waals surface area (Å²) in [5.74, 6) is 0.397. The molecule has 2 aliphatic heterocycles. The van der Waals surface area contributed by atoms with Gasteiger partial charge in [0.05, 0.1) is 11.6 Å². The first-order chi connectivity index (χ1) is 13.4. The third kappa shape index (κ3) is 4.90. The van der Waals surface area contributed by atoms with Crippen molar-refractivity contribution < 1.29 is 24.1 Å². The summed E-state index contributed by atoms with van der Waals surface area (Å²) in [5.41, 5.74) is 0. The highest BCUT2D eigenvalue weighted by atomic mass is 79.9. The van der Waals surface area contributed by atoms with E-state index >= 15 is 0 Å². The van der Waals surface area contributed by atoms with Gasteiger partial charge in [-0.3, -0.25) is 4.79 Å². The van der Waals surface area contributed by atoms with E-state index in [1.165, 1.54) is 18.4 Å². The number of esters is 1. The third-order valence-electron chi connectivity index (χ3n) is 5.52. The predicted octanol–water partition coefficient (Wildman–Crippen LogP) is 2.49. The van der Waals surface area contributed by atoms with Crippen LogP contribution in [0.1, 0.15) is 35.4 Å². The molecule has 154 valence electrons. The second kappa shape index (κ2) is 9.60. The number of carbonyl (C=O) groups is 2. The zero-order chi connectivity index (χ0) is 20.3. The number of halogens is 1. The number of thiophene rings is 1. The Morgan fingerprint density at radius 1 is 1.21 bits per heavy atom. The molecule has 3 heterocycles. The second-order valence-corrected chi connectivity index (χ2v) is 9.05. The summed E-state index contributed by atoms with van der Waals surface area (Å²) in [6.45, 7) is 4.61. The lowest BCUT2D eigenvalue weighted by atomic mass is 9.80. The molecule has 0 unspecified atom stereocenters. The van der Waals surface area contributed by atoms with Crippen molar-refractivity contribution in [3.63, 3.8) is 0 Å². The van der Waals surface area contributed by atoms with E-state index in [4.69, 9.17) is 9.47 Å². The number of piperidine rings is 2. The number of methoxy groups -OCH3 is 1. The Hall–Kier alpha value is -1.10. The topological polar surface area (TPSA) is 79.3 Å². The van der Waals surface area contributed by atoms with Crippen molar-refractivity contribution in [2.75, 3.05) is 33.3 Å². The number of amides is 1. The minimum absolute atomic E-state index is 0.0320. The quantitative estimate of drug-likeness (QED) is 0.523. The zero-order valence-electron chi connectivity index (χ0n) is 16.2. The molecular weight excluding hydrogens is 447 g/mol. The van der Waals surface area contributed by atoms with Crippen molar-refractivity contribution in [1.82, 2.24) is 9.71 Å². The first kappa shape index (κ1) is 21.6. The van der Waals surface area contributed by atoms with Gasteiger partial charge in [-0.15, -0.1) is 11.3 Å². The van der Waals surface area contributed by atoms with Gasteiger partial charge < -0.3 is 24.2 Å². The number of likely N-dealkylation sites (tertiary alicyclic amines) is 1.